The van der Waals surface area contributed by atoms with E-state index in [2.05, 4.69) is 27.7 Å². The van der Waals surface area contributed by atoms with Crippen LogP contribution in [0.3, 0.4) is 0 Å². The molecule has 0 amide bonds. The second-order valence-corrected chi connectivity index (χ2v) is 12.8. The molecule has 3 nitrogen and oxygen atoms in total. The van der Waals surface area contributed by atoms with Crippen LogP contribution in [0.4, 0.5) is 0 Å². The molecule has 10 atom stereocenters. The molecule has 6 aliphatic rings. The molecular weight excluding hydrogens is 372 g/mol. The number of aliphatic hydroxyl groups excluding tert-OH is 2. The lowest BCUT2D eigenvalue weighted by Crippen LogP contribution is -2.54. The summed E-state index contributed by atoms with van der Waals surface area (Å²) in [6.45, 7) is 9.73. The van der Waals surface area contributed by atoms with Crippen molar-refractivity contribution in [2.75, 3.05) is 7.11 Å². The van der Waals surface area contributed by atoms with E-state index in [9.17, 15) is 5.11 Å². The third-order valence-corrected chi connectivity index (χ3v) is 12.1. The van der Waals surface area contributed by atoms with Gasteiger partial charge >= 0.3 is 0 Å². The Bertz CT molecular complexity index is 681. The monoisotopic (exact) mass is 420 g/mol. The summed E-state index contributed by atoms with van der Waals surface area (Å²) in [5, 5.41) is 17.8. The van der Waals surface area contributed by atoms with Crippen LogP contribution in [0.5, 0.6) is 0 Å². The Kier molecular flexibility index (Phi) is 5.02. The zero-order valence-electron chi connectivity index (χ0n) is 20.1. The molecule has 0 aromatic rings. The van der Waals surface area contributed by atoms with Gasteiger partial charge in [-0.15, -0.1) is 0 Å². The van der Waals surface area contributed by atoms with Crippen molar-refractivity contribution in [3.63, 3.8) is 0 Å². The highest BCUT2D eigenvalue weighted by Crippen LogP contribution is 2.87. The number of hydrogen-bond acceptors (Lipinski definition) is 3. The van der Waals surface area contributed by atoms with Crippen LogP contribution < -0.4 is 0 Å². The molecular formula is C27H48O3. The number of ether oxygens (including phenoxy) is 1. The minimum atomic E-state index is -0.0834. The molecule has 1 saturated heterocycles. The van der Waals surface area contributed by atoms with E-state index >= 15 is 0 Å². The summed E-state index contributed by atoms with van der Waals surface area (Å²) >= 11 is 0. The average molecular weight is 421 g/mol. The van der Waals surface area contributed by atoms with Gasteiger partial charge in [0.05, 0.1) is 18.3 Å². The molecule has 0 aromatic carbocycles. The minimum absolute atomic E-state index is 0. The van der Waals surface area contributed by atoms with Crippen LogP contribution in [0, 0.1) is 45.3 Å². The Morgan fingerprint density at radius 1 is 0.867 bits per heavy atom. The van der Waals surface area contributed by atoms with Crippen molar-refractivity contribution in [3.05, 3.63) is 0 Å². The van der Waals surface area contributed by atoms with E-state index in [0.717, 1.165) is 37.2 Å². The van der Waals surface area contributed by atoms with Gasteiger partial charge in [-0.25, -0.2) is 0 Å². The van der Waals surface area contributed by atoms with Crippen LogP contribution >= 0.6 is 0 Å². The van der Waals surface area contributed by atoms with Gasteiger partial charge in [-0.2, -0.15) is 0 Å². The average Bonchev–Trinajstić information content (AvgIpc) is 3.33. The largest absolute Gasteiger partial charge is 0.400 e. The number of fused-ring (bicyclic) bond motifs is 4. The van der Waals surface area contributed by atoms with Gasteiger partial charge in [-0.3, -0.25) is 0 Å². The van der Waals surface area contributed by atoms with Crippen molar-refractivity contribution < 1.29 is 16.4 Å². The molecule has 30 heavy (non-hydrogen) atoms. The molecule has 6 fully saturated rings. The minimum Gasteiger partial charge on any atom is -0.400 e. The van der Waals surface area contributed by atoms with E-state index in [1.165, 1.54) is 64.2 Å². The van der Waals surface area contributed by atoms with Crippen molar-refractivity contribution >= 4 is 0 Å². The van der Waals surface area contributed by atoms with Gasteiger partial charge in [0.1, 0.15) is 0 Å². The lowest BCUT2D eigenvalue weighted by molar-refractivity contribution is -0.135. The predicted molar refractivity (Wildman–Crippen MR) is 122 cm³/mol. The normalized spacial score (nSPS) is 57.5. The van der Waals surface area contributed by atoms with Gasteiger partial charge in [0.2, 0.25) is 0 Å². The van der Waals surface area contributed by atoms with Crippen molar-refractivity contribution in [2.24, 2.45) is 45.3 Å². The van der Waals surface area contributed by atoms with Gasteiger partial charge in [-0.05, 0) is 116 Å². The fourth-order valence-corrected chi connectivity index (χ4v) is 10.6. The molecule has 8 unspecified atom stereocenters. The van der Waals surface area contributed by atoms with Crippen molar-refractivity contribution in [2.45, 2.75) is 117 Å². The molecule has 1 heterocycles. The lowest BCUT2D eigenvalue weighted by Gasteiger charge is -2.59. The summed E-state index contributed by atoms with van der Waals surface area (Å²) in [6, 6.07) is 0. The molecule has 0 bridgehead atoms. The van der Waals surface area contributed by atoms with E-state index in [4.69, 9.17) is 9.84 Å². The summed E-state index contributed by atoms with van der Waals surface area (Å²) in [4.78, 5) is 0. The van der Waals surface area contributed by atoms with Gasteiger partial charge in [0, 0.05) is 8.54 Å². The second-order valence-electron chi connectivity index (χ2n) is 12.8. The van der Waals surface area contributed by atoms with Crippen LogP contribution in [0.1, 0.15) is 99.8 Å². The standard InChI is InChI=1S/C26H42O2.CH4O.H2/c1-5-16-6-7-18-20(28-16)14-19-17-8-9-21-23(2,3)22(27)10-11-26(21)15-25(17,26)13-12-24(18,19)4;1-2;/h16-22,27H,5-15H2,1-4H3;2H,1H3;1H/t16?,17?,18?,19?,20?,21?,22-,24?,25-,26?;;/m0../s1. The summed E-state index contributed by atoms with van der Waals surface area (Å²) < 4.78 is 6.66. The predicted octanol–water partition coefficient (Wildman–Crippen LogP) is 5.82. The highest BCUT2D eigenvalue weighted by atomic mass is 16.5. The summed E-state index contributed by atoms with van der Waals surface area (Å²) in [7, 11) is 1.00. The van der Waals surface area contributed by atoms with Crippen molar-refractivity contribution in [3.8, 4) is 0 Å². The van der Waals surface area contributed by atoms with E-state index in [-0.39, 0.29) is 12.9 Å². The zero-order valence-corrected chi connectivity index (χ0v) is 20.1. The molecule has 174 valence electrons. The first-order valence-corrected chi connectivity index (χ1v) is 13.1. The summed E-state index contributed by atoms with van der Waals surface area (Å²) in [5.74, 6) is 3.44. The third kappa shape index (κ3) is 2.49. The van der Waals surface area contributed by atoms with Gasteiger partial charge in [0.25, 0.3) is 0 Å². The Hall–Kier alpha value is -0.120. The van der Waals surface area contributed by atoms with Gasteiger partial charge in [-0.1, -0.05) is 27.7 Å². The molecule has 6 rings (SSSR count). The maximum Gasteiger partial charge on any atom is 0.0615 e. The van der Waals surface area contributed by atoms with E-state index in [1.807, 2.05) is 0 Å². The highest BCUT2D eigenvalue weighted by molar-refractivity contribution is 5.29. The van der Waals surface area contributed by atoms with Crippen molar-refractivity contribution in [1.82, 2.24) is 0 Å². The first-order chi connectivity index (χ1) is 14.3. The van der Waals surface area contributed by atoms with Gasteiger partial charge < -0.3 is 14.9 Å². The van der Waals surface area contributed by atoms with Gasteiger partial charge in [0.15, 0.2) is 0 Å². The molecule has 0 aromatic heterocycles. The molecule has 2 spiro atoms. The van der Waals surface area contributed by atoms with Crippen molar-refractivity contribution in [1.29, 1.82) is 0 Å². The molecule has 1 aliphatic heterocycles. The SMILES string of the molecule is CCC1CCC2C(CC3C4CCC5C(C)(C)[C@@H](O)CCC56C[C@@]46CCC23C)O1.CO.[HH]. The van der Waals surface area contributed by atoms with Crippen LogP contribution in [0.15, 0.2) is 0 Å². The Morgan fingerprint density at radius 2 is 1.60 bits per heavy atom. The molecule has 5 saturated carbocycles. The maximum atomic E-state index is 10.8. The quantitative estimate of drug-likeness (QED) is 0.562. The third-order valence-electron chi connectivity index (χ3n) is 12.1. The summed E-state index contributed by atoms with van der Waals surface area (Å²) in [6.07, 6.45) is 15.9. The Labute approximate surface area is 185 Å². The lowest BCUT2D eigenvalue weighted by atomic mass is 9.46. The summed E-state index contributed by atoms with van der Waals surface area (Å²) in [5.41, 5.74) is 1.88. The smallest absolute Gasteiger partial charge is 0.0615 e. The van der Waals surface area contributed by atoms with Crippen LogP contribution in [-0.2, 0) is 4.74 Å². The topological polar surface area (TPSA) is 49.7 Å². The maximum absolute atomic E-state index is 10.8. The fraction of sp³-hybridized carbons (Fsp3) is 1.00. The molecule has 3 heteroatoms. The first kappa shape index (κ1) is 21.7. The number of aliphatic hydroxyl groups is 2. The zero-order chi connectivity index (χ0) is 21.5. The highest BCUT2D eigenvalue weighted by Gasteiger charge is 2.80. The molecule has 0 radical (unpaired) electrons. The fourth-order valence-electron chi connectivity index (χ4n) is 10.6. The van der Waals surface area contributed by atoms with E-state index in [0.29, 0.717) is 28.5 Å². The van der Waals surface area contributed by atoms with Crippen LogP contribution in [0.2, 0.25) is 0 Å². The Balaban J connectivity index is 0.000000750. The molecule has 2 N–H and O–H groups in total. The van der Waals surface area contributed by atoms with Crippen LogP contribution in [-0.4, -0.2) is 35.6 Å². The van der Waals surface area contributed by atoms with E-state index < -0.39 is 0 Å². The Morgan fingerprint density at radius 3 is 2.33 bits per heavy atom. The first-order valence-electron chi connectivity index (χ1n) is 13.1. The second kappa shape index (κ2) is 6.94. The molecule has 5 aliphatic carbocycles. The number of rotatable bonds is 1. The van der Waals surface area contributed by atoms with Crippen LogP contribution in [0.25, 0.3) is 0 Å². The van der Waals surface area contributed by atoms with E-state index in [1.54, 1.807) is 0 Å². The number of hydrogen-bond donors (Lipinski definition) is 2.